The third kappa shape index (κ3) is 3.42. The Morgan fingerprint density at radius 1 is 1.28 bits per heavy atom. The van der Waals surface area contributed by atoms with Gasteiger partial charge < -0.3 is 10.6 Å². The summed E-state index contributed by atoms with van der Waals surface area (Å²) in [5.74, 6) is 1.29. The zero-order chi connectivity index (χ0) is 12.8. The molecule has 0 aliphatic heterocycles. The largest absolute Gasteiger partial charge is 0.368 e. The van der Waals surface area contributed by atoms with Crippen LogP contribution < -0.4 is 10.6 Å². The van der Waals surface area contributed by atoms with Crippen molar-refractivity contribution in [2.24, 2.45) is 5.92 Å². The molecule has 2 rings (SSSR count). The van der Waals surface area contributed by atoms with Crippen LogP contribution in [0.25, 0.3) is 0 Å². The smallest absolute Gasteiger partial charge is 0.271 e. The van der Waals surface area contributed by atoms with Gasteiger partial charge in [-0.05, 0) is 30.9 Å². The molecule has 0 saturated heterocycles. The van der Waals surface area contributed by atoms with E-state index in [0.29, 0.717) is 5.69 Å². The third-order valence-corrected chi connectivity index (χ3v) is 3.42. The van der Waals surface area contributed by atoms with Crippen LogP contribution in [0.5, 0.6) is 0 Å². The molecule has 0 spiro atoms. The summed E-state index contributed by atoms with van der Waals surface area (Å²) >= 11 is 0. The van der Waals surface area contributed by atoms with E-state index in [1.165, 1.54) is 32.1 Å². The van der Waals surface area contributed by atoms with E-state index in [4.69, 9.17) is 0 Å². The molecule has 5 nitrogen and oxygen atoms in total. The fourth-order valence-electron chi connectivity index (χ4n) is 2.32. The summed E-state index contributed by atoms with van der Waals surface area (Å²) in [6.45, 7) is 0.952. The Hall–Kier alpha value is -1.65. The Balaban J connectivity index is 1.84. The minimum Gasteiger partial charge on any atom is -0.368 e. The highest BCUT2D eigenvalue weighted by Crippen LogP contribution is 2.23. The first-order chi connectivity index (χ1) is 8.79. The van der Waals surface area contributed by atoms with Crippen molar-refractivity contribution >= 4 is 11.7 Å². The Morgan fingerprint density at radius 3 is 2.67 bits per heavy atom. The van der Waals surface area contributed by atoms with Crippen LogP contribution in [0.1, 0.15) is 42.6 Å². The van der Waals surface area contributed by atoms with Gasteiger partial charge >= 0.3 is 0 Å². The summed E-state index contributed by atoms with van der Waals surface area (Å²) in [5.41, 5.74) is 0.348. The van der Waals surface area contributed by atoms with Crippen molar-refractivity contribution in [1.29, 1.82) is 0 Å². The van der Waals surface area contributed by atoms with Gasteiger partial charge in [0, 0.05) is 13.6 Å². The summed E-state index contributed by atoms with van der Waals surface area (Å²) in [7, 11) is 1.58. The van der Waals surface area contributed by atoms with Gasteiger partial charge in [0.1, 0.15) is 5.82 Å². The zero-order valence-corrected chi connectivity index (χ0v) is 10.8. The molecule has 1 amide bonds. The van der Waals surface area contributed by atoms with E-state index in [1.54, 1.807) is 19.2 Å². The molecule has 0 atom stereocenters. The summed E-state index contributed by atoms with van der Waals surface area (Å²) in [6, 6.07) is 3.50. The summed E-state index contributed by atoms with van der Waals surface area (Å²) in [5, 5.41) is 13.7. The van der Waals surface area contributed by atoms with Crippen molar-refractivity contribution in [2.45, 2.75) is 32.1 Å². The number of aromatic nitrogens is 2. The normalized spacial score (nSPS) is 16.3. The number of amides is 1. The highest BCUT2D eigenvalue weighted by molar-refractivity contribution is 5.91. The lowest BCUT2D eigenvalue weighted by Gasteiger charge is -2.21. The molecular formula is C13H20N4O. The summed E-state index contributed by atoms with van der Waals surface area (Å²) in [4.78, 5) is 11.3. The van der Waals surface area contributed by atoms with Crippen LogP contribution >= 0.6 is 0 Å². The molecule has 0 unspecified atom stereocenters. The average Bonchev–Trinajstić information content (AvgIpc) is 2.46. The molecule has 1 heterocycles. The molecule has 1 fully saturated rings. The van der Waals surface area contributed by atoms with E-state index < -0.39 is 0 Å². The molecule has 0 aromatic carbocycles. The second kappa shape index (κ2) is 6.33. The number of nitrogens with zero attached hydrogens (tertiary/aromatic N) is 2. The highest BCUT2D eigenvalue weighted by atomic mass is 16.1. The van der Waals surface area contributed by atoms with Crippen molar-refractivity contribution < 1.29 is 4.79 Å². The maximum atomic E-state index is 11.3. The van der Waals surface area contributed by atoms with E-state index in [0.717, 1.165) is 18.3 Å². The first-order valence-corrected chi connectivity index (χ1v) is 6.59. The quantitative estimate of drug-likeness (QED) is 0.853. The van der Waals surface area contributed by atoms with Gasteiger partial charge in [-0.1, -0.05) is 19.3 Å². The second-order valence-electron chi connectivity index (χ2n) is 4.77. The number of anilines is 1. The Labute approximate surface area is 107 Å². The van der Waals surface area contributed by atoms with Crippen molar-refractivity contribution in [1.82, 2.24) is 15.5 Å². The lowest BCUT2D eigenvalue weighted by atomic mass is 9.89. The summed E-state index contributed by atoms with van der Waals surface area (Å²) < 4.78 is 0. The molecular weight excluding hydrogens is 228 g/mol. The van der Waals surface area contributed by atoms with E-state index in [-0.39, 0.29) is 5.91 Å². The SMILES string of the molecule is CNC(=O)c1ccc(NCC2CCCCC2)nn1. The van der Waals surface area contributed by atoms with Crippen molar-refractivity contribution in [2.75, 3.05) is 18.9 Å². The fourth-order valence-corrected chi connectivity index (χ4v) is 2.32. The minimum absolute atomic E-state index is 0.207. The van der Waals surface area contributed by atoms with E-state index in [2.05, 4.69) is 20.8 Å². The first kappa shape index (κ1) is 12.8. The van der Waals surface area contributed by atoms with Gasteiger partial charge in [-0.25, -0.2) is 0 Å². The van der Waals surface area contributed by atoms with Crippen molar-refractivity contribution in [3.8, 4) is 0 Å². The number of hydrogen-bond acceptors (Lipinski definition) is 4. The molecule has 5 heteroatoms. The van der Waals surface area contributed by atoms with E-state index in [1.807, 2.05) is 0 Å². The van der Waals surface area contributed by atoms with E-state index >= 15 is 0 Å². The van der Waals surface area contributed by atoms with Crippen LogP contribution in [0.3, 0.4) is 0 Å². The zero-order valence-electron chi connectivity index (χ0n) is 10.8. The topological polar surface area (TPSA) is 66.9 Å². The van der Waals surface area contributed by atoms with Gasteiger partial charge in [0.25, 0.3) is 5.91 Å². The predicted molar refractivity (Wildman–Crippen MR) is 70.5 cm³/mol. The standard InChI is InChI=1S/C13H20N4O/c1-14-13(18)11-7-8-12(17-16-11)15-9-10-5-3-2-4-6-10/h7-8,10H,2-6,9H2,1H3,(H,14,18)(H,15,17). The van der Waals surface area contributed by atoms with Crippen LogP contribution in [0.4, 0.5) is 5.82 Å². The summed E-state index contributed by atoms with van der Waals surface area (Å²) in [6.07, 6.45) is 6.66. The lowest BCUT2D eigenvalue weighted by Crippen LogP contribution is -2.21. The first-order valence-electron chi connectivity index (χ1n) is 6.59. The number of hydrogen-bond donors (Lipinski definition) is 2. The van der Waals surface area contributed by atoms with E-state index in [9.17, 15) is 4.79 Å². The molecule has 1 aliphatic rings. The minimum atomic E-state index is -0.207. The number of carbonyl (C=O) groups excluding carboxylic acids is 1. The van der Waals surface area contributed by atoms with Gasteiger partial charge in [-0.15, -0.1) is 10.2 Å². The molecule has 1 aromatic rings. The van der Waals surface area contributed by atoms with Crippen LogP contribution in [0.2, 0.25) is 0 Å². The highest BCUT2D eigenvalue weighted by Gasteiger charge is 2.13. The average molecular weight is 248 g/mol. The van der Waals surface area contributed by atoms with Gasteiger partial charge in [-0.2, -0.15) is 0 Å². The van der Waals surface area contributed by atoms with Gasteiger partial charge in [0.2, 0.25) is 0 Å². The third-order valence-electron chi connectivity index (χ3n) is 3.42. The van der Waals surface area contributed by atoms with Gasteiger partial charge in [0.15, 0.2) is 5.69 Å². The van der Waals surface area contributed by atoms with Crippen LogP contribution in [0.15, 0.2) is 12.1 Å². The molecule has 1 aliphatic carbocycles. The number of nitrogens with one attached hydrogen (secondary N) is 2. The Kier molecular flexibility index (Phi) is 4.50. The lowest BCUT2D eigenvalue weighted by molar-refractivity contribution is 0.0957. The van der Waals surface area contributed by atoms with Gasteiger partial charge in [0.05, 0.1) is 0 Å². The molecule has 1 saturated carbocycles. The maximum Gasteiger partial charge on any atom is 0.271 e. The maximum absolute atomic E-state index is 11.3. The fraction of sp³-hybridized carbons (Fsp3) is 0.615. The van der Waals surface area contributed by atoms with Crippen LogP contribution in [-0.2, 0) is 0 Å². The molecule has 0 radical (unpaired) electrons. The molecule has 98 valence electrons. The molecule has 0 bridgehead atoms. The second-order valence-corrected chi connectivity index (χ2v) is 4.77. The number of carbonyl (C=O) groups is 1. The Morgan fingerprint density at radius 2 is 2.06 bits per heavy atom. The Bertz CT molecular complexity index is 384. The van der Waals surface area contributed by atoms with Crippen molar-refractivity contribution in [3.05, 3.63) is 17.8 Å². The van der Waals surface area contributed by atoms with Crippen molar-refractivity contribution in [3.63, 3.8) is 0 Å². The molecule has 1 aromatic heterocycles. The van der Waals surface area contributed by atoms with Crippen LogP contribution in [0, 0.1) is 5.92 Å². The predicted octanol–water partition coefficient (Wildman–Crippen LogP) is 1.83. The van der Waals surface area contributed by atoms with Gasteiger partial charge in [-0.3, -0.25) is 4.79 Å². The van der Waals surface area contributed by atoms with Crippen LogP contribution in [-0.4, -0.2) is 29.7 Å². The monoisotopic (exact) mass is 248 g/mol. The molecule has 2 N–H and O–H groups in total. The molecule has 18 heavy (non-hydrogen) atoms. The number of rotatable bonds is 4.